The van der Waals surface area contributed by atoms with Gasteiger partial charge in [-0.2, -0.15) is 0 Å². The first-order valence-electron chi connectivity index (χ1n) is 11.2. The van der Waals surface area contributed by atoms with Crippen LogP contribution in [0.15, 0.2) is 64.8 Å². The van der Waals surface area contributed by atoms with Crippen LogP contribution in [0.5, 0.6) is 0 Å². The summed E-state index contributed by atoms with van der Waals surface area (Å²) >= 11 is 0. The number of aliphatic imine (C=N–C) groups is 1. The Bertz CT molecular complexity index is 1050. The standard InChI is InChI=1S/C23H22F2N4O.C2H6/c24-18-7-6-17(20(25)12-18)14-29-22(30)19-15-27(13-16-4-2-1-3-5-16)10-8-21(19)28-11-9-26-23(28)29;1-2/h1-7,12H,8-11,13-15H2;1-2H3. The highest BCUT2D eigenvalue weighted by Crippen LogP contribution is 2.32. The quantitative estimate of drug-likeness (QED) is 0.720. The molecule has 32 heavy (non-hydrogen) atoms. The van der Waals surface area contributed by atoms with Crippen molar-refractivity contribution in [2.45, 2.75) is 33.4 Å². The van der Waals surface area contributed by atoms with Crippen LogP contribution in [-0.4, -0.2) is 52.7 Å². The average molecular weight is 439 g/mol. The zero-order valence-corrected chi connectivity index (χ0v) is 18.5. The molecule has 0 aliphatic carbocycles. The molecule has 0 atom stereocenters. The molecule has 1 amide bonds. The summed E-state index contributed by atoms with van der Waals surface area (Å²) in [6, 6.07) is 13.7. The second-order valence-electron chi connectivity index (χ2n) is 7.83. The van der Waals surface area contributed by atoms with Gasteiger partial charge in [0.25, 0.3) is 5.91 Å². The lowest BCUT2D eigenvalue weighted by atomic mass is 10.00. The van der Waals surface area contributed by atoms with E-state index in [4.69, 9.17) is 0 Å². The lowest BCUT2D eigenvalue weighted by Crippen LogP contribution is -2.53. The van der Waals surface area contributed by atoms with Crippen molar-refractivity contribution in [3.8, 4) is 0 Å². The second kappa shape index (κ2) is 9.61. The zero-order valence-electron chi connectivity index (χ0n) is 18.5. The number of fused-ring (bicyclic) bond motifs is 2. The minimum atomic E-state index is -0.651. The SMILES string of the molecule is CC.O=C1C2=C(CCN(Cc3ccccc3)C2)N2CCN=C2N1Cc1ccc(F)cc1F. The molecule has 5 rings (SSSR count). The van der Waals surface area contributed by atoms with Gasteiger partial charge in [-0.25, -0.2) is 8.78 Å². The van der Waals surface area contributed by atoms with Gasteiger partial charge >= 0.3 is 0 Å². The van der Waals surface area contributed by atoms with E-state index < -0.39 is 11.6 Å². The van der Waals surface area contributed by atoms with Crippen molar-refractivity contribution in [2.75, 3.05) is 26.2 Å². The molecule has 0 bridgehead atoms. The first-order chi connectivity index (χ1) is 15.6. The molecule has 2 aromatic rings. The van der Waals surface area contributed by atoms with Gasteiger partial charge in [-0.1, -0.05) is 50.2 Å². The maximum atomic E-state index is 14.3. The normalized spacial score (nSPS) is 18.1. The highest BCUT2D eigenvalue weighted by molar-refractivity contribution is 6.09. The Kier molecular flexibility index (Phi) is 6.65. The van der Waals surface area contributed by atoms with Crippen LogP contribution in [0, 0.1) is 11.6 Å². The Balaban J connectivity index is 0.00000119. The molecule has 3 aliphatic rings. The number of halogens is 2. The molecule has 0 aromatic heterocycles. The van der Waals surface area contributed by atoms with Gasteiger partial charge in [0, 0.05) is 49.9 Å². The zero-order chi connectivity index (χ0) is 22.7. The Hall–Kier alpha value is -3.06. The minimum Gasteiger partial charge on any atom is -0.314 e. The number of rotatable bonds is 4. The fraction of sp³-hybridized carbons (Fsp3) is 0.360. The van der Waals surface area contributed by atoms with E-state index in [1.807, 2.05) is 32.0 Å². The lowest BCUT2D eigenvalue weighted by Gasteiger charge is -2.42. The summed E-state index contributed by atoms with van der Waals surface area (Å²) in [4.78, 5) is 23.8. The monoisotopic (exact) mass is 438 g/mol. The third-order valence-electron chi connectivity index (χ3n) is 5.88. The van der Waals surface area contributed by atoms with E-state index in [0.717, 1.165) is 43.4 Å². The average Bonchev–Trinajstić information content (AvgIpc) is 3.30. The Morgan fingerprint density at radius 3 is 2.53 bits per heavy atom. The van der Waals surface area contributed by atoms with Gasteiger partial charge in [-0.3, -0.25) is 19.6 Å². The van der Waals surface area contributed by atoms with Gasteiger partial charge in [0.2, 0.25) is 5.96 Å². The minimum absolute atomic E-state index is 0.0374. The molecule has 0 fully saturated rings. The van der Waals surface area contributed by atoms with E-state index in [-0.39, 0.29) is 18.0 Å². The number of guanidine groups is 1. The molecule has 3 heterocycles. The molecule has 2 aromatic carbocycles. The Morgan fingerprint density at radius 2 is 1.78 bits per heavy atom. The van der Waals surface area contributed by atoms with Crippen LogP contribution in [0.4, 0.5) is 8.78 Å². The molecule has 7 heteroatoms. The van der Waals surface area contributed by atoms with E-state index in [0.29, 0.717) is 19.0 Å². The first-order valence-corrected chi connectivity index (χ1v) is 11.2. The smallest absolute Gasteiger partial charge is 0.259 e. The van der Waals surface area contributed by atoms with Gasteiger partial charge in [0.05, 0.1) is 18.7 Å². The van der Waals surface area contributed by atoms with Crippen molar-refractivity contribution in [2.24, 2.45) is 4.99 Å². The lowest BCUT2D eigenvalue weighted by molar-refractivity contribution is -0.125. The van der Waals surface area contributed by atoms with Crippen molar-refractivity contribution in [1.29, 1.82) is 0 Å². The fourth-order valence-corrected chi connectivity index (χ4v) is 4.41. The molecule has 3 aliphatic heterocycles. The van der Waals surface area contributed by atoms with Crippen LogP contribution >= 0.6 is 0 Å². The number of carbonyl (C=O) groups is 1. The number of nitrogens with zero attached hydrogens (tertiary/aromatic N) is 4. The number of hydrogen-bond donors (Lipinski definition) is 0. The molecular formula is C25H28F2N4O. The predicted molar refractivity (Wildman–Crippen MR) is 121 cm³/mol. The van der Waals surface area contributed by atoms with E-state index in [2.05, 4.69) is 26.9 Å². The van der Waals surface area contributed by atoms with Gasteiger partial charge in [0.1, 0.15) is 11.6 Å². The van der Waals surface area contributed by atoms with E-state index in [1.165, 1.54) is 22.6 Å². The summed E-state index contributed by atoms with van der Waals surface area (Å²) < 4.78 is 27.6. The fourth-order valence-electron chi connectivity index (χ4n) is 4.41. The largest absolute Gasteiger partial charge is 0.314 e. The molecule has 0 radical (unpaired) electrons. The summed E-state index contributed by atoms with van der Waals surface area (Å²) in [7, 11) is 0. The topological polar surface area (TPSA) is 39.2 Å². The summed E-state index contributed by atoms with van der Waals surface area (Å²) in [5.74, 6) is -0.834. The third kappa shape index (κ3) is 4.30. The van der Waals surface area contributed by atoms with Gasteiger partial charge in [-0.15, -0.1) is 0 Å². The van der Waals surface area contributed by atoms with Gasteiger partial charge in [0.15, 0.2) is 0 Å². The highest BCUT2D eigenvalue weighted by atomic mass is 19.1. The maximum Gasteiger partial charge on any atom is 0.259 e. The summed E-state index contributed by atoms with van der Waals surface area (Å²) in [6.45, 7) is 7.57. The number of benzene rings is 2. The Labute approximate surface area is 187 Å². The molecule has 0 saturated heterocycles. The van der Waals surface area contributed by atoms with Crippen LogP contribution in [0.2, 0.25) is 0 Å². The summed E-state index contributed by atoms with van der Waals surface area (Å²) in [5.41, 5.74) is 3.27. The van der Waals surface area contributed by atoms with E-state index >= 15 is 0 Å². The molecular weight excluding hydrogens is 410 g/mol. The second-order valence-corrected chi connectivity index (χ2v) is 7.83. The molecule has 0 N–H and O–H groups in total. The third-order valence-corrected chi connectivity index (χ3v) is 5.88. The van der Waals surface area contributed by atoms with E-state index in [9.17, 15) is 13.6 Å². The van der Waals surface area contributed by atoms with Crippen LogP contribution in [0.25, 0.3) is 0 Å². The first kappa shape index (κ1) is 22.1. The molecule has 0 unspecified atom stereocenters. The number of carbonyl (C=O) groups excluding carboxylic acids is 1. The van der Waals surface area contributed by atoms with Crippen LogP contribution in [0.3, 0.4) is 0 Å². The van der Waals surface area contributed by atoms with Crippen molar-refractivity contribution in [1.82, 2.24) is 14.7 Å². The Morgan fingerprint density at radius 1 is 1.00 bits per heavy atom. The van der Waals surface area contributed by atoms with Crippen LogP contribution in [0.1, 0.15) is 31.4 Å². The molecule has 0 spiro atoms. The van der Waals surface area contributed by atoms with Crippen molar-refractivity contribution >= 4 is 11.9 Å². The maximum absolute atomic E-state index is 14.3. The van der Waals surface area contributed by atoms with Crippen LogP contribution in [-0.2, 0) is 17.9 Å². The highest BCUT2D eigenvalue weighted by Gasteiger charge is 2.41. The number of amides is 1. The number of hydrogen-bond acceptors (Lipinski definition) is 4. The van der Waals surface area contributed by atoms with Crippen molar-refractivity contribution < 1.29 is 13.6 Å². The summed E-state index contributed by atoms with van der Waals surface area (Å²) in [6.07, 6.45) is 0.783. The molecule has 5 nitrogen and oxygen atoms in total. The van der Waals surface area contributed by atoms with Gasteiger partial charge in [-0.05, 0) is 11.6 Å². The molecule has 0 saturated carbocycles. The van der Waals surface area contributed by atoms with Gasteiger partial charge < -0.3 is 4.90 Å². The molecule has 168 valence electrons. The predicted octanol–water partition coefficient (Wildman–Crippen LogP) is 4.16. The van der Waals surface area contributed by atoms with Crippen molar-refractivity contribution in [3.05, 3.63) is 82.6 Å². The van der Waals surface area contributed by atoms with E-state index in [1.54, 1.807) is 0 Å². The van der Waals surface area contributed by atoms with Crippen molar-refractivity contribution in [3.63, 3.8) is 0 Å². The van der Waals surface area contributed by atoms with Crippen LogP contribution < -0.4 is 0 Å². The summed E-state index contributed by atoms with van der Waals surface area (Å²) in [5, 5.41) is 0.